The van der Waals surface area contributed by atoms with Crippen molar-refractivity contribution in [3.05, 3.63) is 28.7 Å². The maximum atomic E-state index is 11.1. The second-order valence-electron chi connectivity index (χ2n) is 2.16. The van der Waals surface area contributed by atoms with Gasteiger partial charge in [-0.1, -0.05) is 0 Å². The van der Waals surface area contributed by atoms with Crippen molar-refractivity contribution < 1.29 is 5.21 Å². The van der Waals surface area contributed by atoms with Crippen LogP contribution in [-0.4, -0.2) is 25.3 Å². The first kappa shape index (κ1) is 6.71. The summed E-state index contributed by atoms with van der Waals surface area (Å²) >= 11 is 0. The van der Waals surface area contributed by atoms with E-state index in [9.17, 15) is 4.79 Å². The summed E-state index contributed by atoms with van der Waals surface area (Å²) in [4.78, 5) is 15.0. The smallest absolute Gasteiger partial charge is 0.332 e. The normalized spacial score (nSPS) is 10.3. The van der Waals surface area contributed by atoms with Gasteiger partial charge in [0.2, 0.25) is 0 Å². The quantitative estimate of drug-likeness (QED) is 0.527. The van der Waals surface area contributed by atoms with Crippen molar-refractivity contribution >= 4 is 11.0 Å². The summed E-state index contributed by atoms with van der Waals surface area (Å²) in [6.07, 6.45) is 1.45. The van der Waals surface area contributed by atoms with Crippen LogP contribution in [0.25, 0.3) is 11.0 Å². The van der Waals surface area contributed by atoms with E-state index in [4.69, 9.17) is 5.21 Å². The van der Waals surface area contributed by atoms with Crippen LogP contribution >= 0.6 is 0 Å². The van der Waals surface area contributed by atoms with Crippen molar-refractivity contribution in [3.8, 4) is 0 Å². The minimum absolute atomic E-state index is 0.106. The average molecular weight is 164 g/mol. The Morgan fingerprint density at radius 2 is 2.33 bits per heavy atom. The van der Waals surface area contributed by atoms with E-state index >= 15 is 0 Å². The van der Waals surface area contributed by atoms with Crippen molar-refractivity contribution in [2.75, 3.05) is 0 Å². The molecule has 0 saturated heterocycles. The molecule has 0 aliphatic carbocycles. The molecule has 0 unspecified atom stereocenters. The van der Waals surface area contributed by atoms with Gasteiger partial charge in [-0.2, -0.15) is 0 Å². The summed E-state index contributed by atoms with van der Waals surface area (Å²) < 4.78 is 0. The molecular formula is C6H4N4O2. The van der Waals surface area contributed by atoms with E-state index in [1.807, 2.05) is 0 Å². The second kappa shape index (κ2) is 2.26. The molecular weight excluding hydrogens is 160 g/mol. The summed E-state index contributed by atoms with van der Waals surface area (Å²) in [7, 11) is 0. The van der Waals surface area contributed by atoms with Crippen LogP contribution in [0.2, 0.25) is 0 Å². The molecule has 0 bridgehead atoms. The predicted molar refractivity (Wildman–Crippen MR) is 38.8 cm³/mol. The Balaban J connectivity index is 3.01. The highest BCUT2D eigenvalue weighted by Crippen LogP contribution is 1.97. The third-order valence-corrected chi connectivity index (χ3v) is 1.41. The van der Waals surface area contributed by atoms with E-state index in [-0.39, 0.29) is 10.4 Å². The summed E-state index contributed by atoms with van der Waals surface area (Å²) in [5.74, 6) is 0. The van der Waals surface area contributed by atoms with Crippen LogP contribution in [0.3, 0.4) is 0 Å². The highest BCUT2D eigenvalue weighted by Gasteiger charge is 2.03. The van der Waals surface area contributed by atoms with E-state index in [0.717, 1.165) is 0 Å². The molecule has 2 heterocycles. The Labute approximate surface area is 66.0 Å². The first-order valence-corrected chi connectivity index (χ1v) is 3.19. The van der Waals surface area contributed by atoms with Gasteiger partial charge in [-0.15, -0.1) is 5.10 Å². The Kier molecular flexibility index (Phi) is 1.26. The maximum absolute atomic E-state index is 11.1. The topological polar surface area (TPSA) is 80.9 Å². The first-order chi connectivity index (χ1) is 5.79. The van der Waals surface area contributed by atoms with E-state index in [1.165, 1.54) is 6.20 Å². The monoisotopic (exact) mass is 164 g/mol. The fourth-order valence-corrected chi connectivity index (χ4v) is 0.868. The van der Waals surface area contributed by atoms with Gasteiger partial charge in [0.1, 0.15) is 5.52 Å². The van der Waals surface area contributed by atoms with Crippen LogP contribution in [0, 0.1) is 0 Å². The molecule has 0 aromatic carbocycles. The standard InChI is InChI=1S/C6H4N4O2/c11-6-5-4(2-1-3-7-5)8-9-10(6)12/h1-3,12H. The summed E-state index contributed by atoms with van der Waals surface area (Å²) in [5, 5.41) is 15.5. The number of pyridine rings is 1. The summed E-state index contributed by atoms with van der Waals surface area (Å²) in [6.45, 7) is 0. The molecule has 2 aromatic heterocycles. The lowest BCUT2D eigenvalue weighted by atomic mass is 10.4. The molecule has 60 valence electrons. The van der Waals surface area contributed by atoms with Crippen molar-refractivity contribution in [1.82, 2.24) is 20.1 Å². The van der Waals surface area contributed by atoms with E-state index in [0.29, 0.717) is 5.52 Å². The van der Waals surface area contributed by atoms with Gasteiger partial charge >= 0.3 is 5.56 Å². The number of nitrogens with zero attached hydrogens (tertiary/aromatic N) is 4. The molecule has 0 atom stereocenters. The van der Waals surface area contributed by atoms with Gasteiger partial charge in [-0.05, 0) is 22.2 Å². The number of aromatic nitrogens is 4. The van der Waals surface area contributed by atoms with Crippen molar-refractivity contribution in [1.29, 1.82) is 0 Å². The Bertz CT molecular complexity index is 478. The summed E-state index contributed by atoms with van der Waals surface area (Å²) in [5.41, 5.74) is -0.191. The molecule has 0 fully saturated rings. The lowest BCUT2D eigenvalue weighted by molar-refractivity contribution is 0.127. The van der Waals surface area contributed by atoms with Gasteiger partial charge in [-0.25, -0.2) is 4.98 Å². The van der Waals surface area contributed by atoms with Crippen molar-refractivity contribution in [2.45, 2.75) is 0 Å². The highest BCUT2D eigenvalue weighted by molar-refractivity contribution is 5.71. The molecule has 2 aromatic rings. The van der Waals surface area contributed by atoms with Crippen molar-refractivity contribution in [3.63, 3.8) is 0 Å². The number of fused-ring (bicyclic) bond motifs is 1. The SMILES string of the molecule is O=c1c2ncccc2nnn1O. The molecule has 0 spiro atoms. The van der Waals surface area contributed by atoms with Gasteiger partial charge in [0.05, 0.1) is 0 Å². The zero-order valence-electron chi connectivity index (χ0n) is 5.88. The third-order valence-electron chi connectivity index (χ3n) is 1.41. The molecule has 6 nitrogen and oxygen atoms in total. The van der Waals surface area contributed by atoms with Gasteiger partial charge in [0.25, 0.3) is 0 Å². The minimum Gasteiger partial charge on any atom is -0.407 e. The molecule has 2 rings (SSSR count). The molecule has 0 amide bonds. The molecule has 0 aliphatic rings. The van der Waals surface area contributed by atoms with Crippen LogP contribution < -0.4 is 5.56 Å². The average Bonchev–Trinajstić information content (AvgIpc) is 2.12. The molecule has 12 heavy (non-hydrogen) atoms. The Hall–Kier alpha value is -1.98. The van der Waals surface area contributed by atoms with Crippen LogP contribution in [-0.2, 0) is 0 Å². The lowest BCUT2D eigenvalue weighted by Gasteiger charge is -1.93. The summed E-state index contributed by atoms with van der Waals surface area (Å²) in [6, 6.07) is 3.23. The van der Waals surface area contributed by atoms with Gasteiger partial charge < -0.3 is 5.21 Å². The van der Waals surface area contributed by atoms with E-state index in [2.05, 4.69) is 15.3 Å². The number of hydrogen-bond acceptors (Lipinski definition) is 5. The third kappa shape index (κ3) is 0.815. The van der Waals surface area contributed by atoms with Gasteiger partial charge in [0.15, 0.2) is 5.52 Å². The first-order valence-electron chi connectivity index (χ1n) is 3.19. The highest BCUT2D eigenvalue weighted by atomic mass is 16.5. The van der Waals surface area contributed by atoms with Crippen molar-refractivity contribution in [2.24, 2.45) is 0 Å². The van der Waals surface area contributed by atoms with E-state index < -0.39 is 5.56 Å². The fraction of sp³-hybridized carbons (Fsp3) is 0. The zero-order valence-corrected chi connectivity index (χ0v) is 5.88. The molecule has 0 radical (unpaired) electrons. The van der Waals surface area contributed by atoms with Crippen LogP contribution in [0.1, 0.15) is 0 Å². The fourth-order valence-electron chi connectivity index (χ4n) is 0.868. The Morgan fingerprint density at radius 1 is 1.50 bits per heavy atom. The Morgan fingerprint density at radius 3 is 3.17 bits per heavy atom. The molecule has 6 heteroatoms. The lowest BCUT2D eigenvalue weighted by Crippen LogP contribution is -2.22. The molecule has 0 saturated carbocycles. The number of rotatable bonds is 0. The largest absolute Gasteiger partial charge is 0.407 e. The molecule has 1 N–H and O–H groups in total. The predicted octanol–water partition coefficient (Wildman–Crippen LogP) is -0.576. The van der Waals surface area contributed by atoms with Gasteiger partial charge in [-0.3, -0.25) is 4.79 Å². The number of hydrogen-bond donors (Lipinski definition) is 1. The van der Waals surface area contributed by atoms with Gasteiger partial charge in [0, 0.05) is 6.20 Å². The minimum atomic E-state index is -0.666. The van der Waals surface area contributed by atoms with Crippen LogP contribution in [0.15, 0.2) is 23.1 Å². The zero-order chi connectivity index (χ0) is 8.55. The second-order valence-corrected chi connectivity index (χ2v) is 2.16. The van der Waals surface area contributed by atoms with E-state index in [1.54, 1.807) is 12.1 Å². The van der Waals surface area contributed by atoms with Crippen LogP contribution in [0.5, 0.6) is 0 Å². The molecule has 0 aliphatic heterocycles. The van der Waals surface area contributed by atoms with Crippen LogP contribution in [0.4, 0.5) is 0 Å². The maximum Gasteiger partial charge on any atom is 0.332 e.